The quantitative estimate of drug-likeness (QED) is 0.204. The van der Waals surface area contributed by atoms with Gasteiger partial charge in [0.15, 0.2) is 0 Å². The van der Waals surface area contributed by atoms with E-state index in [-0.39, 0.29) is 22.1 Å². The monoisotopic (exact) mass is 658 g/mol. The van der Waals surface area contributed by atoms with Crippen LogP contribution in [0.25, 0.3) is 61.3 Å². The zero-order valence-electron chi connectivity index (χ0n) is 30.6. The molecule has 5 nitrogen and oxygen atoms in total. The first-order valence-electron chi connectivity index (χ1n) is 17.4. The number of para-hydroxylation sites is 1. The van der Waals surface area contributed by atoms with Crippen LogP contribution in [-0.4, -0.2) is 24.6 Å². The molecule has 0 fully saturated rings. The topological polar surface area (TPSA) is 63.8 Å². The van der Waals surface area contributed by atoms with Gasteiger partial charge in [-0.1, -0.05) is 111 Å². The standard InChI is InChI=1S/C45H46N4O/c1-43(2,3)31-18-20-34(21-19-31)49-38-17-11-16-35(37-26-33(45(7,8)9)27-47-42(37)50)40(38)48-41(49)30-14-10-13-28(23-30)36-25-32(44(4,5)6)24-29-15-12-22-46-39(29)36/h10-27H,1-9H3,(H,47,50). The molecule has 7 aromatic rings. The second-order valence-corrected chi connectivity index (χ2v) is 16.5. The molecule has 0 radical (unpaired) electrons. The number of hydrogen-bond acceptors (Lipinski definition) is 4. The van der Waals surface area contributed by atoms with Crippen molar-refractivity contribution in [3.63, 3.8) is 0 Å². The van der Waals surface area contributed by atoms with Gasteiger partial charge in [-0.25, -0.2) is 9.97 Å². The van der Waals surface area contributed by atoms with E-state index in [4.69, 9.17) is 9.97 Å². The number of nitrogens with zero attached hydrogens (tertiary/aromatic N) is 4. The van der Waals surface area contributed by atoms with Gasteiger partial charge in [0, 0.05) is 45.7 Å². The first-order chi connectivity index (χ1) is 23.6. The fourth-order valence-corrected chi connectivity index (χ4v) is 6.62. The van der Waals surface area contributed by atoms with E-state index in [1.807, 2.05) is 24.4 Å². The normalized spacial score (nSPS) is 12.6. The Balaban J connectivity index is 1.49. The highest BCUT2D eigenvalue weighted by Gasteiger charge is 2.23. The number of benzene rings is 4. The maximum atomic E-state index is 11.1. The third-order valence-corrected chi connectivity index (χ3v) is 9.70. The largest absolute Gasteiger partial charge is 0.493 e. The Morgan fingerprint density at radius 2 is 1.20 bits per heavy atom. The SMILES string of the molecule is CC(C)(C)c1ccc(-n2c(-c3cccc(-c4cc(C(C)(C)C)cc5cccnc45)c3)nc3c(-c4cc(C(C)(C)C)cnc4O)cccc32)cc1. The molecule has 0 aliphatic rings. The highest BCUT2D eigenvalue weighted by molar-refractivity contribution is 5.98. The van der Waals surface area contributed by atoms with Gasteiger partial charge in [-0.3, -0.25) is 9.55 Å². The smallest absolute Gasteiger partial charge is 0.218 e. The average Bonchev–Trinajstić information content (AvgIpc) is 3.47. The lowest BCUT2D eigenvalue weighted by molar-refractivity contribution is 0.453. The molecule has 0 aliphatic heterocycles. The van der Waals surface area contributed by atoms with Crippen molar-refractivity contribution in [2.75, 3.05) is 0 Å². The van der Waals surface area contributed by atoms with Gasteiger partial charge in [0.1, 0.15) is 5.82 Å². The van der Waals surface area contributed by atoms with Gasteiger partial charge in [-0.05, 0) is 87.0 Å². The lowest BCUT2D eigenvalue weighted by Gasteiger charge is -2.21. The summed E-state index contributed by atoms with van der Waals surface area (Å²) in [6, 6.07) is 34.4. The number of pyridine rings is 2. The zero-order chi connectivity index (χ0) is 35.6. The summed E-state index contributed by atoms with van der Waals surface area (Å²) in [5.41, 5.74) is 11.9. The van der Waals surface area contributed by atoms with Crippen molar-refractivity contribution in [2.45, 2.75) is 78.6 Å². The number of aromatic nitrogens is 4. The Kier molecular flexibility index (Phi) is 7.93. The summed E-state index contributed by atoms with van der Waals surface area (Å²) in [5, 5.41) is 12.2. The molecule has 1 N–H and O–H groups in total. The van der Waals surface area contributed by atoms with E-state index in [0.717, 1.165) is 61.3 Å². The second-order valence-electron chi connectivity index (χ2n) is 16.5. The minimum absolute atomic E-state index is 0.00349. The van der Waals surface area contributed by atoms with Crippen molar-refractivity contribution >= 4 is 21.9 Å². The Morgan fingerprint density at radius 3 is 1.90 bits per heavy atom. The van der Waals surface area contributed by atoms with Crippen LogP contribution >= 0.6 is 0 Å². The van der Waals surface area contributed by atoms with Crippen LogP contribution in [0.3, 0.4) is 0 Å². The highest BCUT2D eigenvalue weighted by atomic mass is 16.3. The average molecular weight is 659 g/mol. The molecule has 4 aromatic carbocycles. The molecule has 0 aliphatic carbocycles. The van der Waals surface area contributed by atoms with E-state index in [1.165, 1.54) is 11.1 Å². The van der Waals surface area contributed by atoms with Crippen LogP contribution in [0.2, 0.25) is 0 Å². The second kappa shape index (κ2) is 11.9. The van der Waals surface area contributed by atoms with Crippen LogP contribution in [0, 0.1) is 0 Å². The molecule has 0 unspecified atom stereocenters. The highest BCUT2D eigenvalue weighted by Crippen LogP contribution is 2.40. The van der Waals surface area contributed by atoms with E-state index in [2.05, 4.69) is 151 Å². The molecule has 7 rings (SSSR count). The third-order valence-electron chi connectivity index (χ3n) is 9.70. The van der Waals surface area contributed by atoms with Crippen LogP contribution < -0.4 is 0 Å². The van der Waals surface area contributed by atoms with E-state index in [1.54, 1.807) is 6.20 Å². The molecule has 0 saturated heterocycles. The molecule has 0 amide bonds. The summed E-state index contributed by atoms with van der Waals surface area (Å²) in [7, 11) is 0. The summed E-state index contributed by atoms with van der Waals surface area (Å²) in [4.78, 5) is 14.7. The van der Waals surface area contributed by atoms with Crippen LogP contribution in [0.1, 0.15) is 79.0 Å². The number of aromatic hydroxyl groups is 1. The van der Waals surface area contributed by atoms with E-state index < -0.39 is 0 Å². The fraction of sp³-hybridized carbons (Fsp3) is 0.267. The van der Waals surface area contributed by atoms with Crippen LogP contribution in [0.15, 0.2) is 109 Å². The minimum Gasteiger partial charge on any atom is -0.493 e. The van der Waals surface area contributed by atoms with Crippen molar-refractivity contribution < 1.29 is 5.11 Å². The molecule has 3 aromatic heterocycles. The van der Waals surface area contributed by atoms with Crippen LogP contribution in [-0.2, 0) is 16.2 Å². The fourth-order valence-electron chi connectivity index (χ4n) is 6.62. The molecule has 0 spiro atoms. The Hall–Kier alpha value is -5.29. The summed E-state index contributed by atoms with van der Waals surface area (Å²) in [6.45, 7) is 19.9. The summed E-state index contributed by atoms with van der Waals surface area (Å²) >= 11 is 0. The number of hydrogen-bond donors (Lipinski definition) is 1. The van der Waals surface area contributed by atoms with Gasteiger partial charge in [0.05, 0.1) is 16.6 Å². The number of fused-ring (bicyclic) bond motifs is 2. The maximum Gasteiger partial charge on any atom is 0.218 e. The van der Waals surface area contributed by atoms with Crippen LogP contribution in [0.4, 0.5) is 0 Å². The van der Waals surface area contributed by atoms with Gasteiger partial charge < -0.3 is 5.11 Å². The van der Waals surface area contributed by atoms with Crippen molar-refractivity contribution in [3.05, 3.63) is 126 Å². The minimum atomic E-state index is -0.133. The van der Waals surface area contributed by atoms with Crippen molar-refractivity contribution in [1.82, 2.24) is 19.5 Å². The van der Waals surface area contributed by atoms with Gasteiger partial charge in [0.25, 0.3) is 0 Å². The zero-order valence-corrected chi connectivity index (χ0v) is 30.6. The first-order valence-corrected chi connectivity index (χ1v) is 17.4. The number of rotatable bonds is 4. The predicted molar refractivity (Wildman–Crippen MR) is 208 cm³/mol. The number of imidazole rings is 1. The molecular weight excluding hydrogens is 613 g/mol. The summed E-state index contributed by atoms with van der Waals surface area (Å²) in [6.07, 6.45) is 3.63. The maximum absolute atomic E-state index is 11.1. The molecule has 5 heteroatoms. The molecule has 3 heterocycles. The van der Waals surface area contributed by atoms with E-state index in [0.29, 0.717) is 5.56 Å². The molecule has 252 valence electrons. The Labute approximate surface area is 295 Å². The van der Waals surface area contributed by atoms with E-state index in [9.17, 15) is 5.11 Å². The molecule has 50 heavy (non-hydrogen) atoms. The van der Waals surface area contributed by atoms with Crippen molar-refractivity contribution in [2.24, 2.45) is 0 Å². The van der Waals surface area contributed by atoms with Gasteiger partial charge in [-0.15, -0.1) is 0 Å². The summed E-state index contributed by atoms with van der Waals surface area (Å²) < 4.78 is 2.24. The predicted octanol–water partition coefficient (Wildman–Crippen LogP) is 11.6. The molecule has 0 saturated carbocycles. The lowest BCUT2D eigenvalue weighted by Crippen LogP contribution is -2.11. The first kappa shape index (κ1) is 33.2. The Morgan fingerprint density at radius 1 is 0.540 bits per heavy atom. The summed E-state index contributed by atoms with van der Waals surface area (Å²) in [5.74, 6) is 0.817. The van der Waals surface area contributed by atoms with Gasteiger partial charge >= 0.3 is 0 Å². The molecule has 0 atom stereocenters. The van der Waals surface area contributed by atoms with Gasteiger partial charge in [-0.2, -0.15) is 0 Å². The van der Waals surface area contributed by atoms with Crippen LogP contribution in [0.5, 0.6) is 5.88 Å². The van der Waals surface area contributed by atoms with Crippen molar-refractivity contribution in [1.29, 1.82) is 0 Å². The molecule has 0 bridgehead atoms. The molecular formula is C45H46N4O. The van der Waals surface area contributed by atoms with Crippen molar-refractivity contribution in [3.8, 4) is 45.2 Å². The van der Waals surface area contributed by atoms with Gasteiger partial charge in [0.2, 0.25) is 5.88 Å². The Bertz CT molecular complexity index is 2380. The lowest BCUT2D eigenvalue weighted by atomic mass is 9.84. The van der Waals surface area contributed by atoms with E-state index >= 15 is 0 Å². The third kappa shape index (κ3) is 6.06.